The van der Waals surface area contributed by atoms with Gasteiger partial charge in [-0.15, -0.1) is 0 Å². The second-order valence-electron chi connectivity index (χ2n) is 7.67. The molecule has 4 heterocycles. The van der Waals surface area contributed by atoms with Gasteiger partial charge in [-0.25, -0.2) is 9.59 Å². The first kappa shape index (κ1) is 23.0. The van der Waals surface area contributed by atoms with Crippen molar-refractivity contribution in [2.45, 2.75) is 27.1 Å². The van der Waals surface area contributed by atoms with Crippen LogP contribution >= 0.6 is 0 Å². The Morgan fingerprint density at radius 3 is 1.91 bits per heavy atom. The zero-order chi connectivity index (χ0) is 23.9. The van der Waals surface area contributed by atoms with Crippen LogP contribution < -0.4 is 5.32 Å². The maximum atomic E-state index is 13.2. The summed E-state index contributed by atoms with van der Waals surface area (Å²) in [6.45, 7) is 4.13. The molecule has 0 saturated heterocycles. The SMILES string of the molecule is CC1=C(C(=O)OCc2ccccn2)C(C2=COCCO2)C(C(=O)OCc2ccccn2)=C(C)N1. The van der Waals surface area contributed by atoms with Gasteiger partial charge in [-0.2, -0.15) is 0 Å². The van der Waals surface area contributed by atoms with E-state index in [9.17, 15) is 9.59 Å². The summed E-state index contributed by atoms with van der Waals surface area (Å²) in [5.74, 6) is -1.72. The number of carbonyl (C=O) groups is 2. The van der Waals surface area contributed by atoms with Crippen LogP contribution in [0.3, 0.4) is 0 Å². The molecule has 0 saturated carbocycles. The Labute approximate surface area is 197 Å². The molecule has 2 aliphatic heterocycles. The molecule has 9 heteroatoms. The molecular formula is C25H25N3O6. The number of carbonyl (C=O) groups excluding carboxylic acids is 2. The van der Waals surface area contributed by atoms with Gasteiger partial charge in [0.15, 0.2) is 0 Å². The van der Waals surface area contributed by atoms with Crippen molar-refractivity contribution in [1.82, 2.24) is 15.3 Å². The summed E-state index contributed by atoms with van der Waals surface area (Å²) in [5, 5.41) is 3.11. The van der Waals surface area contributed by atoms with Crippen molar-refractivity contribution in [2.75, 3.05) is 13.2 Å². The molecule has 0 unspecified atom stereocenters. The minimum atomic E-state index is -0.853. The highest BCUT2D eigenvalue weighted by Gasteiger charge is 2.41. The summed E-state index contributed by atoms with van der Waals surface area (Å²) < 4.78 is 22.3. The van der Waals surface area contributed by atoms with Crippen LogP contribution in [0.25, 0.3) is 0 Å². The first-order valence-electron chi connectivity index (χ1n) is 10.8. The minimum absolute atomic E-state index is 0.0122. The van der Waals surface area contributed by atoms with Gasteiger partial charge in [-0.05, 0) is 38.1 Å². The lowest BCUT2D eigenvalue weighted by Crippen LogP contribution is -2.35. The lowest BCUT2D eigenvalue weighted by Gasteiger charge is -2.32. The summed E-state index contributed by atoms with van der Waals surface area (Å²) in [5.41, 5.74) is 2.78. The van der Waals surface area contributed by atoms with Crippen LogP contribution in [0.1, 0.15) is 25.2 Å². The van der Waals surface area contributed by atoms with Crippen LogP contribution in [0, 0.1) is 5.92 Å². The summed E-state index contributed by atoms with van der Waals surface area (Å²) in [7, 11) is 0. The number of aromatic nitrogens is 2. The number of allylic oxidation sites excluding steroid dienone is 3. The van der Waals surface area contributed by atoms with Gasteiger partial charge in [-0.1, -0.05) is 12.1 Å². The van der Waals surface area contributed by atoms with Gasteiger partial charge in [0.2, 0.25) is 0 Å². The normalized spacial score (nSPS) is 16.1. The molecule has 1 N–H and O–H groups in total. The topological polar surface area (TPSA) is 109 Å². The molecule has 34 heavy (non-hydrogen) atoms. The average molecular weight is 463 g/mol. The van der Waals surface area contributed by atoms with Crippen LogP contribution in [0.5, 0.6) is 0 Å². The van der Waals surface area contributed by atoms with E-state index in [1.807, 2.05) is 12.1 Å². The van der Waals surface area contributed by atoms with E-state index in [2.05, 4.69) is 15.3 Å². The molecule has 0 spiro atoms. The molecule has 2 aromatic rings. The Morgan fingerprint density at radius 2 is 1.47 bits per heavy atom. The summed E-state index contributed by atoms with van der Waals surface area (Å²) in [6.07, 6.45) is 4.68. The van der Waals surface area contributed by atoms with Crippen molar-refractivity contribution in [2.24, 2.45) is 5.92 Å². The van der Waals surface area contributed by atoms with Crippen molar-refractivity contribution >= 4 is 11.9 Å². The van der Waals surface area contributed by atoms with Crippen molar-refractivity contribution in [3.8, 4) is 0 Å². The van der Waals surface area contributed by atoms with E-state index in [1.165, 1.54) is 6.26 Å². The Bertz CT molecular complexity index is 1060. The number of rotatable bonds is 7. The van der Waals surface area contributed by atoms with Crippen LogP contribution in [-0.4, -0.2) is 35.1 Å². The van der Waals surface area contributed by atoms with E-state index in [0.29, 0.717) is 41.8 Å². The first-order valence-corrected chi connectivity index (χ1v) is 10.8. The molecule has 0 fully saturated rings. The third-order valence-electron chi connectivity index (χ3n) is 5.31. The zero-order valence-electron chi connectivity index (χ0n) is 18.9. The van der Waals surface area contributed by atoms with Crippen LogP contribution in [-0.2, 0) is 41.8 Å². The number of nitrogens with zero attached hydrogens (tertiary/aromatic N) is 2. The molecule has 0 amide bonds. The standard InChI is InChI=1S/C25H25N3O6/c1-16-21(24(29)33-13-18-7-3-5-9-26-18)23(20-15-31-11-12-32-20)22(17(2)28-16)25(30)34-14-19-8-4-6-10-27-19/h3-10,15,23,28H,11-14H2,1-2H3. The molecule has 9 nitrogen and oxygen atoms in total. The average Bonchev–Trinajstić information content (AvgIpc) is 2.87. The number of hydrogen-bond donors (Lipinski definition) is 1. The maximum absolute atomic E-state index is 13.2. The maximum Gasteiger partial charge on any atom is 0.337 e. The largest absolute Gasteiger partial charge is 0.494 e. The number of hydrogen-bond acceptors (Lipinski definition) is 9. The van der Waals surface area contributed by atoms with Crippen LogP contribution in [0.2, 0.25) is 0 Å². The van der Waals surface area contributed by atoms with Gasteiger partial charge < -0.3 is 24.3 Å². The van der Waals surface area contributed by atoms with E-state index in [4.69, 9.17) is 18.9 Å². The van der Waals surface area contributed by atoms with E-state index in [0.717, 1.165) is 0 Å². The lowest BCUT2D eigenvalue weighted by molar-refractivity contribution is -0.142. The molecule has 0 radical (unpaired) electrons. The Hall–Kier alpha value is -4.14. The fraction of sp³-hybridized carbons (Fsp3) is 0.280. The van der Waals surface area contributed by atoms with E-state index < -0.39 is 17.9 Å². The molecule has 4 rings (SSSR count). The van der Waals surface area contributed by atoms with E-state index in [-0.39, 0.29) is 24.4 Å². The predicted octanol–water partition coefficient (Wildman–Crippen LogP) is 2.92. The minimum Gasteiger partial charge on any atom is -0.494 e. The van der Waals surface area contributed by atoms with Gasteiger partial charge in [0.1, 0.15) is 38.4 Å². The number of dihydropyridines is 1. The molecule has 176 valence electrons. The Morgan fingerprint density at radius 1 is 0.912 bits per heavy atom. The van der Waals surface area contributed by atoms with Gasteiger partial charge >= 0.3 is 11.9 Å². The lowest BCUT2D eigenvalue weighted by atomic mass is 9.84. The molecule has 2 aliphatic rings. The smallest absolute Gasteiger partial charge is 0.337 e. The quantitative estimate of drug-likeness (QED) is 0.620. The number of nitrogens with one attached hydrogen (secondary N) is 1. The fourth-order valence-electron chi connectivity index (χ4n) is 3.76. The highest BCUT2D eigenvalue weighted by molar-refractivity contribution is 5.98. The highest BCUT2D eigenvalue weighted by Crippen LogP contribution is 2.38. The first-order chi connectivity index (χ1) is 16.5. The summed E-state index contributed by atoms with van der Waals surface area (Å²) in [4.78, 5) is 34.8. The van der Waals surface area contributed by atoms with Crippen molar-refractivity contribution in [1.29, 1.82) is 0 Å². The Balaban J connectivity index is 1.60. The highest BCUT2D eigenvalue weighted by atomic mass is 16.6. The van der Waals surface area contributed by atoms with Crippen molar-refractivity contribution in [3.05, 3.63) is 94.7 Å². The van der Waals surface area contributed by atoms with Crippen molar-refractivity contribution < 1.29 is 28.5 Å². The zero-order valence-corrected chi connectivity index (χ0v) is 18.9. The number of pyridine rings is 2. The monoisotopic (exact) mass is 463 g/mol. The fourth-order valence-corrected chi connectivity index (χ4v) is 3.76. The second kappa shape index (κ2) is 10.7. The molecule has 0 aromatic carbocycles. The number of esters is 2. The van der Waals surface area contributed by atoms with Gasteiger partial charge in [-0.3, -0.25) is 9.97 Å². The van der Waals surface area contributed by atoms with Gasteiger partial charge in [0.25, 0.3) is 0 Å². The van der Waals surface area contributed by atoms with Gasteiger partial charge in [0, 0.05) is 23.8 Å². The third-order valence-corrected chi connectivity index (χ3v) is 5.31. The third kappa shape index (κ3) is 5.25. The van der Waals surface area contributed by atoms with Crippen molar-refractivity contribution in [3.63, 3.8) is 0 Å². The second-order valence-corrected chi connectivity index (χ2v) is 7.67. The summed E-state index contributed by atoms with van der Waals surface area (Å²) >= 11 is 0. The summed E-state index contributed by atoms with van der Waals surface area (Å²) in [6, 6.07) is 10.7. The van der Waals surface area contributed by atoms with Gasteiger partial charge in [0.05, 0.1) is 28.5 Å². The number of ether oxygens (including phenoxy) is 4. The predicted molar refractivity (Wildman–Crippen MR) is 120 cm³/mol. The van der Waals surface area contributed by atoms with E-state index in [1.54, 1.807) is 50.5 Å². The van der Waals surface area contributed by atoms with E-state index >= 15 is 0 Å². The Kier molecular flexibility index (Phi) is 7.22. The molecule has 0 aliphatic carbocycles. The molecule has 0 bridgehead atoms. The van der Waals surface area contributed by atoms with Crippen LogP contribution in [0.15, 0.2) is 83.4 Å². The molecule has 0 atom stereocenters. The molecular weight excluding hydrogens is 438 g/mol. The molecule has 2 aromatic heterocycles. The van der Waals surface area contributed by atoms with Crippen LogP contribution in [0.4, 0.5) is 0 Å².